The van der Waals surface area contributed by atoms with Gasteiger partial charge < -0.3 is 15.1 Å². The molecule has 148 valence electrons. The Balaban J connectivity index is 2.36. The van der Waals surface area contributed by atoms with Crippen LogP contribution in [-0.2, 0) is 5.92 Å². The zero-order valence-electron chi connectivity index (χ0n) is 16.5. The van der Waals surface area contributed by atoms with Gasteiger partial charge in [0.25, 0.3) is 5.92 Å². The summed E-state index contributed by atoms with van der Waals surface area (Å²) in [4.78, 5) is 13.1. The maximum atomic E-state index is 13.5. The lowest BCUT2D eigenvalue weighted by molar-refractivity contribution is 0.0171. The van der Waals surface area contributed by atoms with Gasteiger partial charge in [-0.15, -0.1) is 0 Å². The number of aromatic nitrogens is 1. The third kappa shape index (κ3) is 5.60. The number of aliphatic imine (C=N–C) groups is 1. The summed E-state index contributed by atoms with van der Waals surface area (Å²) in [7, 11) is 1.89. The summed E-state index contributed by atoms with van der Waals surface area (Å²) in [6, 6.07) is 3.05. The highest BCUT2D eigenvalue weighted by Crippen LogP contribution is 2.28. The van der Waals surface area contributed by atoms with E-state index < -0.39 is 5.92 Å². The molecule has 1 fully saturated rings. The summed E-state index contributed by atoms with van der Waals surface area (Å²) < 4.78 is 26.9. The summed E-state index contributed by atoms with van der Waals surface area (Å²) >= 11 is 0. The second-order valence-electron chi connectivity index (χ2n) is 6.52. The molecule has 1 saturated heterocycles. The van der Waals surface area contributed by atoms with E-state index in [9.17, 15) is 8.78 Å². The number of nitrogens with one attached hydrogen (secondary N) is 1. The Morgan fingerprint density at radius 2 is 2.07 bits per heavy atom. The average Bonchev–Trinajstić information content (AvgIpc) is 2.67. The molecular weight excluding hydrogens is 348 g/mol. The van der Waals surface area contributed by atoms with Crippen LogP contribution in [0.15, 0.2) is 47.4 Å². The SMILES string of the molecule is C\C=C/N=C(/C(=C/CC)N(C)c1ccc(C(C)(F)F)cn1)N1CCNCC1. The Hall–Kier alpha value is -2.28. The number of allylic oxidation sites excluding steroid dienone is 2. The van der Waals surface area contributed by atoms with Crippen molar-refractivity contribution in [1.29, 1.82) is 0 Å². The smallest absolute Gasteiger partial charge is 0.272 e. The van der Waals surface area contributed by atoms with Gasteiger partial charge in [-0.2, -0.15) is 0 Å². The molecule has 0 saturated carbocycles. The fourth-order valence-electron chi connectivity index (χ4n) is 2.87. The van der Waals surface area contributed by atoms with Gasteiger partial charge in [0.1, 0.15) is 5.82 Å². The lowest BCUT2D eigenvalue weighted by atomic mass is 10.1. The van der Waals surface area contributed by atoms with Crippen molar-refractivity contribution < 1.29 is 8.78 Å². The number of halogens is 2. The molecule has 0 aromatic carbocycles. The average molecular weight is 377 g/mol. The van der Waals surface area contributed by atoms with Crippen molar-refractivity contribution in [3.05, 3.63) is 47.9 Å². The number of amidine groups is 1. The minimum Gasteiger partial charge on any atom is -0.352 e. The number of hydrogen-bond donors (Lipinski definition) is 1. The number of rotatable bonds is 6. The van der Waals surface area contributed by atoms with E-state index in [0.29, 0.717) is 5.82 Å². The first kappa shape index (κ1) is 21.0. The molecule has 0 bridgehead atoms. The van der Waals surface area contributed by atoms with Crippen molar-refractivity contribution in [3.63, 3.8) is 0 Å². The van der Waals surface area contributed by atoms with E-state index in [-0.39, 0.29) is 5.56 Å². The molecule has 1 aromatic heterocycles. The van der Waals surface area contributed by atoms with Crippen molar-refractivity contribution >= 4 is 11.7 Å². The summed E-state index contributed by atoms with van der Waals surface area (Å²) in [6.07, 6.45) is 7.83. The maximum absolute atomic E-state index is 13.5. The lowest BCUT2D eigenvalue weighted by Crippen LogP contribution is -2.48. The Morgan fingerprint density at radius 1 is 1.37 bits per heavy atom. The van der Waals surface area contributed by atoms with Crippen LogP contribution in [0.2, 0.25) is 0 Å². The number of hydrogen-bond acceptors (Lipinski definition) is 4. The number of piperazine rings is 1. The molecule has 27 heavy (non-hydrogen) atoms. The number of anilines is 1. The van der Waals surface area contributed by atoms with Gasteiger partial charge in [0.2, 0.25) is 0 Å². The second kappa shape index (κ2) is 9.60. The van der Waals surface area contributed by atoms with Crippen molar-refractivity contribution in [3.8, 4) is 0 Å². The Kier molecular flexibility index (Phi) is 7.47. The van der Waals surface area contributed by atoms with Gasteiger partial charge in [-0.05, 0) is 25.5 Å². The molecule has 1 aliphatic rings. The molecule has 0 aliphatic carbocycles. The highest BCUT2D eigenvalue weighted by atomic mass is 19.3. The zero-order chi connectivity index (χ0) is 19.9. The first-order chi connectivity index (χ1) is 12.9. The van der Waals surface area contributed by atoms with Crippen LogP contribution < -0.4 is 10.2 Å². The third-order valence-corrected chi connectivity index (χ3v) is 4.35. The normalized spacial score (nSPS) is 16.9. The summed E-state index contributed by atoms with van der Waals surface area (Å²) in [6.45, 7) is 8.39. The number of pyridine rings is 1. The minimum atomic E-state index is -2.90. The lowest BCUT2D eigenvalue weighted by Gasteiger charge is -2.34. The van der Waals surface area contributed by atoms with Crippen molar-refractivity contribution in [2.24, 2.45) is 4.99 Å². The van der Waals surface area contributed by atoms with Crippen molar-refractivity contribution in [2.75, 3.05) is 38.1 Å². The van der Waals surface area contributed by atoms with Crippen LogP contribution in [0.25, 0.3) is 0 Å². The van der Waals surface area contributed by atoms with Crippen LogP contribution in [0.5, 0.6) is 0 Å². The first-order valence-electron chi connectivity index (χ1n) is 9.31. The van der Waals surface area contributed by atoms with E-state index in [4.69, 9.17) is 0 Å². The largest absolute Gasteiger partial charge is 0.352 e. The highest BCUT2D eigenvalue weighted by molar-refractivity contribution is 6.01. The standard InChI is InChI=1S/C20H29F2N5/c1-5-7-17(19(24-10-6-2)27-13-11-23-12-14-27)26(4)18-9-8-16(15-25-18)20(3,21)22/h6-10,15,23H,5,11-14H2,1-4H3/b10-6-,17-7-,24-19-. The van der Waals surface area contributed by atoms with Crippen LogP contribution in [0.1, 0.15) is 32.8 Å². The molecule has 2 heterocycles. The van der Waals surface area contributed by atoms with Crippen LogP contribution >= 0.6 is 0 Å². The molecule has 1 aliphatic heterocycles. The summed E-state index contributed by atoms with van der Waals surface area (Å²) in [5, 5.41) is 3.35. The summed E-state index contributed by atoms with van der Waals surface area (Å²) in [5.41, 5.74) is 0.826. The first-order valence-corrected chi connectivity index (χ1v) is 9.31. The van der Waals surface area contributed by atoms with E-state index in [0.717, 1.165) is 51.1 Å². The molecule has 7 heteroatoms. The fraction of sp³-hybridized carbons (Fsp3) is 0.500. The third-order valence-electron chi connectivity index (χ3n) is 4.35. The zero-order valence-corrected chi connectivity index (χ0v) is 16.5. The van der Waals surface area contributed by atoms with Crippen LogP contribution in [0.4, 0.5) is 14.6 Å². The van der Waals surface area contributed by atoms with Gasteiger partial charge in [-0.3, -0.25) is 0 Å². The van der Waals surface area contributed by atoms with E-state index in [2.05, 4.69) is 33.2 Å². The van der Waals surface area contributed by atoms with E-state index in [1.807, 2.05) is 24.9 Å². The topological polar surface area (TPSA) is 43.8 Å². The molecule has 0 atom stereocenters. The Bertz CT molecular complexity index is 683. The van der Waals surface area contributed by atoms with Gasteiger partial charge in [0.15, 0.2) is 5.84 Å². The molecule has 1 aromatic rings. The number of nitrogens with zero attached hydrogens (tertiary/aromatic N) is 4. The highest BCUT2D eigenvalue weighted by Gasteiger charge is 2.26. The molecular formula is C20H29F2N5. The quantitative estimate of drug-likeness (QED) is 0.606. The minimum absolute atomic E-state index is 0.0921. The number of alkyl halides is 2. The molecule has 2 rings (SSSR count). The predicted molar refractivity (Wildman–Crippen MR) is 107 cm³/mol. The van der Waals surface area contributed by atoms with Crippen molar-refractivity contribution in [2.45, 2.75) is 33.1 Å². The Morgan fingerprint density at radius 3 is 2.59 bits per heavy atom. The van der Waals surface area contributed by atoms with E-state index in [1.165, 1.54) is 12.3 Å². The second-order valence-corrected chi connectivity index (χ2v) is 6.52. The molecule has 1 N–H and O–H groups in total. The molecule has 0 amide bonds. The van der Waals surface area contributed by atoms with Crippen molar-refractivity contribution in [1.82, 2.24) is 15.2 Å². The van der Waals surface area contributed by atoms with Crippen LogP contribution in [-0.4, -0.2) is 48.9 Å². The molecule has 0 radical (unpaired) electrons. The van der Waals surface area contributed by atoms with Gasteiger partial charge in [0.05, 0.1) is 5.70 Å². The monoisotopic (exact) mass is 377 g/mol. The van der Waals surface area contributed by atoms with Gasteiger partial charge >= 0.3 is 0 Å². The number of likely N-dealkylation sites (N-methyl/N-ethyl adjacent to an activating group) is 1. The Labute approximate surface area is 160 Å². The predicted octanol–water partition coefficient (Wildman–Crippen LogP) is 3.76. The molecule has 5 nitrogen and oxygen atoms in total. The van der Waals surface area contributed by atoms with E-state index in [1.54, 1.807) is 12.3 Å². The molecule has 0 spiro atoms. The van der Waals surface area contributed by atoms with Gasteiger partial charge in [-0.25, -0.2) is 18.8 Å². The van der Waals surface area contributed by atoms with Crippen LogP contribution in [0, 0.1) is 0 Å². The maximum Gasteiger partial charge on any atom is 0.272 e. The summed E-state index contributed by atoms with van der Waals surface area (Å²) in [5.74, 6) is -1.43. The van der Waals surface area contributed by atoms with Crippen LogP contribution in [0.3, 0.4) is 0 Å². The molecule has 0 unspecified atom stereocenters. The van der Waals surface area contributed by atoms with Gasteiger partial charge in [0, 0.05) is 58.1 Å². The van der Waals surface area contributed by atoms with Gasteiger partial charge in [-0.1, -0.05) is 19.1 Å². The van der Waals surface area contributed by atoms with E-state index >= 15 is 0 Å². The fourth-order valence-corrected chi connectivity index (χ4v) is 2.87.